The molecule has 0 saturated carbocycles. The summed E-state index contributed by atoms with van der Waals surface area (Å²) in [6.07, 6.45) is 0.712. The Morgan fingerprint density at radius 2 is 1.80 bits per heavy atom. The number of aromatic nitrogens is 1. The average Bonchev–Trinajstić information content (AvgIpc) is 2.65. The number of hydrogen-bond acceptors (Lipinski definition) is 3. The van der Waals surface area contributed by atoms with Crippen molar-refractivity contribution in [2.45, 2.75) is 19.1 Å². The molecule has 0 aromatic carbocycles. The molecule has 0 atom stereocenters. The van der Waals surface area contributed by atoms with Crippen molar-refractivity contribution in [2.24, 2.45) is 0 Å². The summed E-state index contributed by atoms with van der Waals surface area (Å²) < 4.78 is 11.2. The molecule has 1 fully saturated rings. The van der Waals surface area contributed by atoms with Crippen molar-refractivity contribution in [1.29, 1.82) is 0 Å². The lowest BCUT2D eigenvalue weighted by Gasteiger charge is -2.26. The summed E-state index contributed by atoms with van der Waals surface area (Å²) in [5, 5.41) is 0.703. The van der Waals surface area contributed by atoms with E-state index in [-0.39, 0.29) is 0 Å². The van der Waals surface area contributed by atoms with Gasteiger partial charge in [-0.15, -0.1) is 0 Å². The first kappa shape index (κ1) is 11.1. The minimum Gasteiger partial charge on any atom is -0.343 e. The largest absolute Gasteiger partial charge is 0.343 e. The molecule has 5 heteroatoms. The maximum Gasteiger partial charge on any atom is 0.194 e. The Morgan fingerprint density at radius 1 is 1.27 bits per heavy atom. The Hall–Kier alpha value is -0.350. The van der Waals surface area contributed by atoms with Crippen LogP contribution in [0.25, 0.3) is 0 Å². The van der Waals surface area contributed by atoms with Gasteiger partial charge in [0.25, 0.3) is 0 Å². The highest BCUT2D eigenvalue weighted by Gasteiger charge is 2.37. The molecule has 0 aliphatic carbocycles. The zero-order valence-corrected chi connectivity index (χ0v) is 9.81. The van der Waals surface area contributed by atoms with E-state index in [1.54, 1.807) is 12.1 Å². The predicted octanol–water partition coefficient (Wildman–Crippen LogP) is 3.00. The van der Waals surface area contributed by atoms with Crippen LogP contribution in [-0.4, -0.2) is 18.2 Å². The quantitative estimate of drug-likeness (QED) is 0.754. The molecule has 1 aromatic heterocycles. The van der Waals surface area contributed by atoms with E-state index in [1.165, 1.54) is 0 Å². The number of halogens is 2. The molecule has 1 aromatic rings. The van der Waals surface area contributed by atoms with Gasteiger partial charge in [0.15, 0.2) is 5.79 Å². The van der Waals surface area contributed by atoms with E-state index in [0.29, 0.717) is 29.9 Å². The molecule has 2 heterocycles. The van der Waals surface area contributed by atoms with E-state index in [9.17, 15) is 0 Å². The van der Waals surface area contributed by atoms with Crippen LogP contribution in [0.3, 0.4) is 0 Å². The third kappa shape index (κ3) is 2.11. The van der Waals surface area contributed by atoms with E-state index in [2.05, 4.69) is 4.98 Å². The van der Waals surface area contributed by atoms with Crippen molar-refractivity contribution in [3.63, 3.8) is 0 Å². The van der Waals surface area contributed by atoms with Crippen LogP contribution in [-0.2, 0) is 15.3 Å². The first-order valence-electron chi connectivity index (χ1n) is 4.78. The molecule has 1 aliphatic rings. The Bertz CT molecular complexity index is 344. The molecule has 0 spiro atoms. The molecule has 0 amide bonds. The maximum atomic E-state index is 5.84. The highest BCUT2D eigenvalue weighted by molar-refractivity contribution is 6.32. The number of ether oxygens (including phenoxy) is 2. The second-order valence-corrected chi connectivity index (χ2v) is 4.08. The van der Waals surface area contributed by atoms with Gasteiger partial charge in [-0.2, -0.15) is 0 Å². The minimum atomic E-state index is -0.698. The molecular formula is C10H11Cl2NO2. The summed E-state index contributed by atoms with van der Waals surface area (Å²) in [6.45, 7) is 3.17. The lowest BCUT2D eigenvalue weighted by atomic mass is 10.1. The van der Waals surface area contributed by atoms with E-state index in [1.807, 2.05) is 6.92 Å². The highest BCUT2D eigenvalue weighted by atomic mass is 35.5. The molecule has 3 nitrogen and oxygen atoms in total. The molecule has 0 unspecified atom stereocenters. The lowest BCUT2D eigenvalue weighted by Crippen LogP contribution is -2.26. The molecule has 0 bridgehead atoms. The SMILES string of the molecule is CCC1(c2cc(Cl)nc(Cl)c2)OCCO1. The second-order valence-electron chi connectivity index (χ2n) is 3.30. The Morgan fingerprint density at radius 3 is 2.27 bits per heavy atom. The number of rotatable bonds is 2. The third-order valence-electron chi connectivity index (χ3n) is 2.42. The molecule has 82 valence electrons. The predicted molar refractivity (Wildman–Crippen MR) is 58.1 cm³/mol. The summed E-state index contributed by atoms with van der Waals surface area (Å²) in [4.78, 5) is 3.89. The zero-order valence-electron chi connectivity index (χ0n) is 8.30. The normalized spacial score (nSPS) is 19.4. The number of pyridine rings is 1. The van der Waals surface area contributed by atoms with Crippen LogP contribution >= 0.6 is 23.2 Å². The fourth-order valence-electron chi connectivity index (χ4n) is 1.71. The van der Waals surface area contributed by atoms with Crippen molar-refractivity contribution in [3.05, 3.63) is 28.0 Å². The molecular weight excluding hydrogens is 237 g/mol. The van der Waals surface area contributed by atoms with Gasteiger partial charge in [-0.3, -0.25) is 0 Å². The highest BCUT2D eigenvalue weighted by Crippen LogP contribution is 2.36. The third-order valence-corrected chi connectivity index (χ3v) is 2.81. The summed E-state index contributed by atoms with van der Waals surface area (Å²) in [7, 11) is 0. The molecule has 15 heavy (non-hydrogen) atoms. The van der Waals surface area contributed by atoms with Crippen molar-refractivity contribution >= 4 is 23.2 Å². The van der Waals surface area contributed by atoms with E-state index in [0.717, 1.165) is 5.56 Å². The molecule has 0 radical (unpaired) electrons. The van der Waals surface area contributed by atoms with Gasteiger partial charge < -0.3 is 9.47 Å². The van der Waals surface area contributed by atoms with Crippen LogP contribution in [0.2, 0.25) is 10.3 Å². The summed E-state index contributed by atoms with van der Waals surface area (Å²) >= 11 is 11.7. The molecule has 1 saturated heterocycles. The van der Waals surface area contributed by atoms with E-state index in [4.69, 9.17) is 32.7 Å². The van der Waals surface area contributed by atoms with Crippen LogP contribution in [0.4, 0.5) is 0 Å². The van der Waals surface area contributed by atoms with Gasteiger partial charge in [0.05, 0.1) is 13.2 Å². The van der Waals surface area contributed by atoms with Crippen molar-refractivity contribution < 1.29 is 9.47 Å². The van der Waals surface area contributed by atoms with Crippen LogP contribution in [0.5, 0.6) is 0 Å². The van der Waals surface area contributed by atoms with Crippen LogP contribution in [0, 0.1) is 0 Å². The minimum absolute atomic E-state index is 0.351. The standard InChI is InChI=1S/C10H11Cl2NO2/c1-2-10(14-3-4-15-10)7-5-8(11)13-9(12)6-7/h5-6H,2-4H2,1H3. The first-order valence-corrected chi connectivity index (χ1v) is 5.53. The van der Waals surface area contributed by atoms with Crippen LogP contribution < -0.4 is 0 Å². The van der Waals surface area contributed by atoms with Gasteiger partial charge in [0.1, 0.15) is 10.3 Å². The zero-order chi connectivity index (χ0) is 10.9. The Labute approximate surface area is 98.3 Å². The van der Waals surface area contributed by atoms with E-state index >= 15 is 0 Å². The molecule has 0 N–H and O–H groups in total. The summed E-state index contributed by atoms with van der Waals surface area (Å²) in [5.41, 5.74) is 0.826. The second kappa shape index (κ2) is 4.26. The topological polar surface area (TPSA) is 31.4 Å². The monoisotopic (exact) mass is 247 g/mol. The fourth-order valence-corrected chi connectivity index (χ4v) is 2.17. The van der Waals surface area contributed by atoms with Gasteiger partial charge in [-0.25, -0.2) is 4.98 Å². The lowest BCUT2D eigenvalue weighted by molar-refractivity contribution is -0.167. The Kier molecular flexibility index (Phi) is 3.16. The fraction of sp³-hybridized carbons (Fsp3) is 0.500. The van der Waals surface area contributed by atoms with Crippen molar-refractivity contribution in [2.75, 3.05) is 13.2 Å². The van der Waals surface area contributed by atoms with Crippen LogP contribution in [0.15, 0.2) is 12.1 Å². The number of nitrogens with zero attached hydrogens (tertiary/aromatic N) is 1. The van der Waals surface area contributed by atoms with Gasteiger partial charge in [0, 0.05) is 12.0 Å². The van der Waals surface area contributed by atoms with Gasteiger partial charge in [-0.05, 0) is 12.1 Å². The van der Waals surface area contributed by atoms with Gasteiger partial charge >= 0.3 is 0 Å². The number of hydrogen-bond donors (Lipinski definition) is 0. The van der Waals surface area contributed by atoms with E-state index < -0.39 is 5.79 Å². The van der Waals surface area contributed by atoms with Crippen LogP contribution in [0.1, 0.15) is 18.9 Å². The van der Waals surface area contributed by atoms with Gasteiger partial charge in [-0.1, -0.05) is 30.1 Å². The smallest absolute Gasteiger partial charge is 0.194 e. The summed E-state index contributed by atoms with van der Waals surface area (Å²) in [6, 6.07) is 3.45. The van der Waals surface area contributed by atoms with Crippen molar-refractivity contribution in [1.82, 2.24) is 4.98 Å². The van der Waals surface area contributed by atoms with Gasteiger partial charge in [0.2, 0.25) is 0 Å². The Balaban J connectivity index is 2.42. The average molecular weight is 248 g/mol. The maximum absolute atomic E-state index is 5.84. The molecule has 2 rings (SSSR count). The van der Waals surface area contributed by atoms with Crippen molar-refractivity contribution in [3.8, 4) is 0 Å². The molecule has 1 aliphatic heterocycles. The first-order chi connectivity index (χ1) is 7.16. The summed E-state index contributed by atoms with van der Waals surface area (Å²) in [5.74, 6) is -0.698.